The summed E-state index contributed by atoms with van der Waals surface area (Å²) in [5.74, 6) is -1.69. The molecule has 38 heavy (non-hydrogen) atoms. The predicted octanol–water partition coefficient (Wildman–Crippen LogP) is -0.430. The average Bonchev–Trinajstić information content (AvgIpc) is 3.13. The van der Waals surface area contributed by atoms with E-state index < -0.39 is 66.2 Å². The molecular formula is C27H42O11. The van der Waals surface area contributed by atoms with Crippen LogP contribution in [0.3, 0.4) is 0 Å². The molecule has 1 aliphatic heterocycles. The van der Waals surface area contributed by atoms with Gasteiger partial charge in [0, 0.05) is 5.41 Å². The summed E-state index contributed by atoms with van der Waals surface area (Å²) < 4.78 is 10.5. The van der Waals surface area contributed by atoms with Crippen molar-refractivity contribution in [1.29, 1.82) is 0 Å². The molecule has 0 radical (unpaired) electrons. The van der Waals surface area contributed by atoms with Gasteiger partial charge in [-0.3, -0.25) is 4.79 Å². The summed E-state index contributed by atoms with van der Waals surface area (Å²) in [7, 11) is 0. The van der Waals surface area contributed by atoms with E-state index in [1.54, 1.807) is 0 Å². The zero-order chi connectivity index (χ0) is 27.8. The standard InChI is InChI=1S/C27H42O11/c1-25-7-5-13(28)9-12(25)3-4-14-15-6-8-27(36,26(15,2)10-16(29)18(14)25)17(30)11-37-24-21(33)19(31)20(32)22(38-24)23(34)35/h12-16,18-22,24,28-29,31-33,36H,3-11H2,1-2H3,(H,34,35)/t12-,13-,14-,15-,16+,18+,19+,20-,21+,22+,24-,25-,26-,27-/m0/s1. The van der Waals surface area contributed by atoms with Gasteiger partial charge in [-0.25, -0.2) is 4.79 Å². The highest BCUT2D eigenvalue weighted by molar-refractivity contribution is 5.89. The van der Waals surface area contributed by atoms with Gasteiger partial charge in [0.05, 0.1) is 12.2 Å². The molecule has 4 aliphatic carbocycles. The predicted molar refractivity (Wildman–Crippen MR) is 129 cm³/mol. The summed E-state index contributed by atoms with van der Waals surface area (Å²) in [6.07, 6.45) is -4.90. The van der Waals surface area contributed by atoms with E-state index in [4.69, 9.17) is 9.47 Å². The SMILES string of the molecule is C[C@]12CC[C@H](O)C[C@@H]1CC[C@@H]1[C@@H]2[C@H](O)C[C@@]2(C)[C@H]1CC[C@]2(O)C(=O)CO[C@H]1O[C@@H](C(=O)O)[C@@H](O)[C@@H](O)[C@H]1O. The van der Waals surface area contributed by atoms with Gasteiger partial charge in [-0.15, -0.1) is 0 Å². The van der Waals surface area contributed by atoms with Gasteiger partial charge in [-0.2, -0.15) is 0 Å². The zero-order valence-electron chi connectivity index (χ0n) is 22.0. The molecule has 11 heteroatoms. The van der Waals surface area contributed by atoms with Crippen molar-refractivity contribution in [1.82, 2.24) is 0 Å². The Kier molecular flexibility index (Phi) is 7.26. The van der Waals surface area contributed by atoms with E-state index >= 15 is 0 Å². The van der Waals surface area contributed by atoms with E-state index in [0.717, 1.165) is 25.7 Å². The number of ketones is 1. The van der Waals surface area contributed by atoms with Gasteiger partial charge in [0.2, 0.25) is 0 Å². The van der Waals surface area contributed by atoms with Crippen molar-refractivity contribution in [2.24, 2.45) is 34.5 Å². The molecule has 0 aromatic rings. The second-order valence-electron chi connectivity index (χ2n) is 13.1. The maximum Gasteiger partial charge on any atom is 0.335 e. The first-order valence-corrected chi connectivity index (χ1v) is 13.9. The average molecular weight is 543 g/mol. The number of carbonyl (C=O) groups excluding carboxylic acids is 1. The third-order valence-electron chi connectivity index (χ3n) is 11.4. The van der Waals surface area contributed by atoms with Crippen molar-refractivity contribution in [3.05, 3.63) is 0 Å². The summed E-state index contributed by atoms with van der Waals surface area (Å²) >= 11 is 0. The first kappa shape index (κ1) is 28.4. The lowest BCUT2D eigenvalue weighted by Gasteiger charge is -2.62. The lowest BCUT2D eigenvalue weighted by Crippen LogP contribution is -2.63. The lowest BCUT2D eigenvalue weighted by molar-refractivity contribution is -0.293. The number of hydrogen-bond acceptors (Lipinski definition) is 10. The Bertz CT molecular complexity index is 944. The minimum absolute atomic E-state index is 0.0133. The zero-order valence-corrected chi connectivity index (χ0v) is 22.0. The fourth-order valence-electron chi connectivity index (χ4n) is 9.29. The molecule has 0 aromatic heterocycles. The fourth-order valence-corrected chi connectivity index (χ4v) is 9.29. The quantitative estimate of drug-likeness (QED) is 0.238. The fraction of sp³-hybridized carbons (Fsp3) is 0.926. The molecule has 5 fully saturated rings. The van der Waals surface area contributed by atoms with Crippen molar-refractivity contribution in [2.45, 2.75) is 114 Å². The maximum atomic E-state index is 13.5. The molecule has 0 spiro atoms. The van der Waals surface area contributed by atoms with Crippen LogP contribution in [-0.2, 0) is 19.1 Å². The molecule has 5 aliphatic rings. The Morgan fingerprint density at radius 1 is 0.947 bits per heavy atom. The second-order valence-corrected chi connectivity index (χ2v) is 13.1. The van der Waals surface area contributed by atoms with E-state index in [9.17, 15) is 45.3 Å². The number of aliphatic hydroxyl groups is 6. The normalized spacial score (nSPS) is 54.5. The third-order valence-corrected chi connectivity index (χ3v) is 11.4. The number of carbonyl (C=O) groups is 2. The van der Waals surface area contributed by atoms with Gasteiger partial charge in [0.15, 0.2) is 18.2 Å². The van der Waals surface area contributed by atoms with Gasteiger partial charge in [0.25, 0.3) is 0 Å². The van der Waals surface area contributed by atoms with Crippen molar-refractivity contribution in [3.8, 4) is 0 Å². The number of aliphatic carboxylic acids is 1. The summed E-state index contributed by atoms with van der Waals surface area (Å²) in [6, 6.07) is 0. The van der Waals surface area contributed by atoms with Gasteiger partial charge in [0.1, 0.15) is 30.5 Å². The van der Waals surface area contributed by atoms with E-state index in [1.165, 1.54) is 0 Å². The number of rotatable bonds is 5. The Morgan fingerprint density at radius 3 is 2.34 bits per heavy atom. The summed E-state index contributed by atoms with van der Waals surface area (Å²) in [5, 5.41) is 72.9. The molecule has 0 amide bonds. The molecule has 1 heterocycles. The van der Waals surface area contributed by atoms with Crippen molar-refractivity contribution < 1.29 is 54.8 Å². The molecule has 0 bridgehead atoms. The molecule has 216 valence electrons. The van der Waals surface area contributed by atoms with Crippen LogP contribution in [0, 0.1) is 34.5 Å². The topological polar surface area (TPSA) is 194 Å². The smallest absolute Gasteiger partial charge is 0.335 e. The molecule has 0 unspecified atom stereocenters. The number of fused-ring (bicyclic) bond motifs is 5. The molecule has 5 rings (SSSR count). The summed E-state index contributed by atoms with van der Waals surface area (Å²) in [6.45, 7) is 3.39. The summed E-state index contributed by atoms with van der Waals surface area (Å²) in [4.78, 5) is 24.8. The van der Waals surface area contributed by atoms with E-state index in [1.807, 2.05) is 6.92 Å². The number of carboxylic acids is 1. The Balaban J connectivity index is 1.32. The Hall–Kier alpha value is -1.18. The first-order valence-electron chi connectivity index (χ1n) is 13.9. The number of aliphatic hydroxyl groups excluding tert-OH is 5. The van der Waals surface area contributed by atoms with Crippen LogP contribution in [0.15, 0.2) is 0 Å². The third kappa shape index (κ3) is 4.08. The molecular weight excluding hydrogens is 500 g/mol. The highest BCUT2D eigenvalue weighted by atomic mass is 16.7. The highest BCUT2D eigenvalue weighted by Crippen LogP contribution is 2.68. The van der Waals surface area contributed by atoms with Crippen molar-refractivity contribution in [3.63, 3.8) is 0 Å². The molecule has 7 N–H and O–H groups in total. The van der Waals surface area contributed by atoms with Gasteiger partial charge >= 0.3 is 5.97 Å². The van der Waals surface area contributed by atoms with Gasteiger partial charge in [-0.1, -0.05) is 13.8 Å². The maximum absolute atomic E-state index is 13.5. The number of carboxylic acid groups (broad SMARTS) is 1. The van der Waals surface area contributed by atoms with Crippen LogP contribution < -0.4 is 0 Å². The van der Waals surface area contributed by atoms with Crippen LogP contribution in [-0.4, -0.2) is 103 Å². The number of hydrogen-bond donors (Lipinski definition) is 7. The minimum atomic E-state index is -1.88. The van der Waals surface area contributed by atoms with Crippen LogP contribution >= 0.6 is 0 Å². The first-order chi connectivity index (χ1) is 17.7. The van der Waals surface area contributed by atoms with Crippen LogP contribution in [0.1, 0.15) is 65.2 Å². The van der Waals surface area contributed by atoms with Crippen LogP contribution in [0.25, 0.3) is 0 Å². The summed E-state index contributed by atoms with van der Waals surface area (Å²) in [5.41, 5.74) is -2.80. The molecule has 14 atom stereocenters. The van der Waals surface area contributed by atoms with E-state index in [0.29, 0.717) is 18.8 Å². The number of Topliss-reactive ketones (excluding diaryl/α,β-unsaturated/α-hetero) is 1. The van der Waals surface area contributed by atoms with Crippen LogP contribution in [0.4, 0.5) is 0 Å². The van der Waals surface area contributed by atoms with E-state index in [2.05, 4.69) is 6.92 Å². The molecule has 4 saturated carbocycles. The molecule has 1 saturated heterocycles. The van der Waals surface area contributed by atoms with E-state index in [-0.39, 0.29) is 42.1 Å². The second kappa shape index (κ2) is 9.73. The van der Waals surface area contributed by atoms with Gasteiger partial charge in [-0.05, 0) is 80.5 Å². The Morgan fingerprint density at radius 2 is 1.66 bits per heavy atom. The van der Waals surface area contributed by atoms with Crippen LogP contribution in [0.5, 0.6) is 0 Å². The largest absolute Gasteiger partial charge is 0.479 e. The Labute approximate surface area is 221 Å². The minimum Gasteiger partial charge on any atom is -0.479 e. The monoisotopic (exact) mass is 542 g/mol. The highest BCUT2D eigenvalue weighted by Gasteiger charge is 2.68. The van der Waals surface area contributed by atoms with Crippen LogP contribution in [0.2, 0.25) is 0 Å². The van der Waals surface area contributed by atoms with Gasteiger partial charge < -0.3 is 45.2 Å². The molecule has 0 aromatic carbocycles. The number of ether oxygens (including phenoxy) is 2. The lowest BCUT2D eigenvalue weighted by atomic mass is 9.43. The van der Waals surface area contributed by atoms with Crippen molar-refractivity contribution in [2.75, 3.05) is 6.61 Å². The molecule has 11 nitrogen and oxygen atoms in total. The van der Waals surface area contributed by atoms with Crippen molar-refractivity contribution >= 4 is 11.8 Å².